The average molecular weight is 635 g/mol. The number of halogens is 4. The Morgan fingerprint density at radius 2 is 1.84 bits per heavy atom. The van der Waals surface area contributed by atoms with Crippen LogP contribution in [0.4, 0.5) is 22.8 Å². The number of fused-ring (bicyclic) bond motifs is 1. The predicted molar refractivity (Wildman–Crippen MR) is 158 cm³/mol. The quantitative estimate of drug-likeness (QED) is 0.271. The highest BCUT2D eigenvalue weighted by molar-refractivity contribution is 8.18. The number of amides is 3. The van der Waals surface area contributed by atoms with Crippen molar-refractivity contribution in [2.75, 3.05) is 19.6 Å². The number of benzene rings is 2. The molecule has 228 valence electrons. The first-order chi connectivity index (χ1) is 20.2. The van der Waals surface area contributed by atoms with Crippen molar-refractivity contribution in [3.8, 4) is 0 Å². The summed E-state index contributed by atoms with van der Waals surface area (Å²) in [5.41, 5.74) is -0.0813. The van der Waals surface area contributed by atoms with Crippen molar-refractivity contribution < 1.29 is 32.3 Å². The monoisotopic (exact) mass is 634 g/mol. The molecule has 0 saturated carbocycles. The van der Waals surface area contributed by atoms with Gasteiger partial charge in [0.15, 0.2) is 0 Å². The molecule has 0 spiro atoms. The molecule has 2 aliphatic heterocycles. The van der Waals surface area contributed by atoms with Gasteiger partial charge in [0.05, 0.1) is 28.7 Å². The van der Waals surface area contributed by atoms with Gasteiger partial charge in [0.2, 0.25) is 0 Å². The highest BCUT2D eigenvalue weighted by Crippen LogP contribution is 2.36. The van der Waals surface area contributed by atoms with Crippen LogP contribution >= 0.6 is 23.4 Å². The normalized spacial score (nSPS) is 17.9. The summed E-state index contributed by atoms with van der Waals surface area (Å²) < 4.78 is 47.6. The maximum absolute atomic E-state index is 13.6. The molecule has 5 rings (SSSR count). The zero-order chi connectivity index (χ0) is 31.1. The van der Waals surface area contributed by atoms with E-state index in [1.165, 1.54) is 21.7 Å². The van der Waals surface area contributed by atoms with Gasteiger partial charge in [-0.3, -0.25) is 19.2 Å². The number of aromatic nitrogens is 2. The van der Waals surface area contributed by atoms with Crippen molar-refractivity contribution in [1.29, 1.82) is 0 Å². The summed E-state index contributed by atoms with van der Waals surface area (Å²) in [5, 5.41) is 4.60. The molecule has 2 aliphatic rings. The Labute approximate surface area is 255 Å². The lowest BCUT2D eigenvalue weighted by Crippen LogP contribution is -2.44. The smallest absolute Gasteiger partial charge is 0.416 e. The number of hydrogen-bond acceptors (Lipinski definition) is 6. The van der Waals surface area contributed by atoms with E-state index in [9.17, 15) is 27.6 Å². The van der Waals surface area contributed by atoms with Gasteiger partial charge in [-0.2, -0.15) is 18.3 Å². The second-order valence-corrected chi connectivity index (χ2v) is 13.1. The maximum atomic E-state index is 13.6. The van der Waals surface area contributed by atoms with Crippen LogP contribution in [0.2, 0.25) is 5.02 Å². The average Bonchev–Trinajstić information content (AvgIpc) is 3.43. The number of nitrogens with zero attached hydrogens (tertiary/aromatic N) is 4. The van der Waals surface area contributed by atoms with Crippen LogP contribution in [0, 0.1) is 5.92 Å². The number of piperidine rings is 1. The van der Waals surface area contributed by atoms with E-state index in [1.54, 1.807) is 35.4 Å². The molecule has 0 bridgehead atoms. The summed E-state index contributed by atoms with van der Waals surface area (Å²) in [6.07, 6.45) is -0.434. The predicted octanol–water partition coefficient (Wildman–Crippen LogP) is 7.44. The van der Waals surface area contributed by atoms with Gasteiger partial charge in [-0.1, -0.05) is 23.7 Å². The van der Waals surface area contributed by atoms with Crippen LogP contribution < -0.4 is 0 Å². The number of imide groups is 1. The van der Waals surface area contributed by atoms with Crippen molar-refractivity contribution in [3.05, 3.63) is 69.2 Å². The highest BCUT2D eigenvalue weighted by Gasteiger charge is 2.38. The van der Waals surface area contributed by atoms with Gasteiger partial charge >= 0.3 is 12.3 Å². The van der Waals surface area contributed by atoms with Gasteiger partial charge in [-0.05, 0) is 92.8 Å². The van der Waals surface area contributed by atoms with Crippen molar-refractivity contribution in [2.24, 2.45) is 5.92 Å². The Hall–Kier alpha value is -3.51. The summed E-state index contributed by atoms with van der Waals surface area (Å²) in [4.78, 5) is 41.4. The molecule has 0 atom stereocenters. The first-order valence-electron chi connectivity index (χ1n) is 13.7. The molecular weight excluding hydrogens is 605 g/mol. The molecular formula is C30H30ClF3N4O4S. The minimum Gasteiger partial charge on any atom is -0.444 e. The lowest BCUT2D eigenvalue weighted by Gasteiger charge is -2.34. The molecule has 0 radical (unpaired) electrons. The molecule has 0 aliphatic carbocycles. The minimum atomic E-state index is -4.56. The first-order valence-corrected chi connectivity index (χ1v) is 14.9. The van der Waals surface area contributed by atoms with Crippen molar-refractivity contribution in [2.45, 2.75) is 51.9 Å². The lowest BCUT2D eigenvalue weighted by molar-refractivity contribution is -0.138. The molecule has 2 saturated heterocycles. The van der Waals surface area contributed by atoms with Crippen molar-refractivity contribution >= 4 is 57.6 Å². The van der Waals surface area contributed by atoms with Crippen LogP contribution in [0.3, 0.4) is 0 Å². The van der Waals surface area contributed by atoms with Gasteiger partial charge in [-0.25, -0.2) is 4.79 Å². The van der Waals surface area contributed by atoms with Gasteiger partial charge in [-0.15, -0.1) is 0 Å². The number of carbonyl (C=O) groups is 3. The van der Waals surface area contributed by atoms with Crippen molar-refractivity contribution in [1.82, 2.24) is 19.6 Å². The zero-order valence-corrected chi connectivity index (χ0v) is 25.4. The van der Waals surface area contributed by atoms with E-state index in [-0.39, 0.29) is 46.8 Å². The molecule has 3 heterocycles. The first kappa shape index (κ1) is 30.9. The maximum Gasteiger partial charge on any atom is 0.416 e. The number of carbonyl (C=O) groups excluding carboxylic acids is 3. The third-order valence-corrected chi connectivity index (χ3v) is 8.38. The van der Waals surface area contributed by atoms with Crippen LogP contribution in [0.5, 0.6) is 0 Å². The summed E-state index contributed by atoms with van der Waals surface area (Å²) in [7, 11) is 0. The van der Waals surface area contributed by atoms with E-state index >= 15 is 0 Å². The summed E-state index contributed by atoms with van der Waals surface area (Å²) in [6, 6.07) is 8.88. The van der Waals surface area contributed by atoms with Gasteiger partial charge in [0.25, 0.3) is 11.1 Å². The largest absolute Gasteiger partial charge is 0.444 e. The molecule has 2 aromatic carbocycles. The van der Waals surface area contributed by atoms with Crippen LogP contribution in [0.25, 0.3) is 17.0 Å². The molecule has 2 fully saturated rings. The Morgan fingerprint density at radius 3 is 2.51 bits per heavy atom. The standard InChI is InChI=1S/C30H30ClF3N4O4S/c1-29(2,3)42-27(40)36-10-8-18(9-11-36)16-37-26(39)25(43-28(37)41)13-19-4-7-24-21(12-19)15-35-38(24)17-20-5-6-22(31)14-23(20)30(32,33)34/h4-7,12-15,18H,8-11,16-17H2,1-3H3. The molecule has 0 unspecified atom stereocenters. The number of hydrogen-bond donors (Lipinski definition) is 0. The molecule has 43 heavy (non-hydrogen) atoms. The third-order valence-electron chi connectivity index (χ3n) is 7.24. The number of alkyl halides is 3. The van der Waals surface area contributed by atoms with E-state index in [0.29, 0.717) is 47.3 Å². The Kier molecular flexibility index (Phi) is 8.54. The van der Waals surface area contributed by atoms with Gasteiger partial charge < -0.3 is 9.64 Å². The fraction of sp³-hybridized carbons (Fsp3) is 0.400. The fourth-order valence-electron chi connectivity index (χ4n) is 5.12. The van der Waals surface area contributed by atoms with Gasteiger partial charge in [0.1, 0.15) is 5.60 Å². The van der Waals surface area contributed by atoms with E-state index < -0.39 is 17.3 Å². The van der Waals surface area contributed by atoms with Crippen LogP contribution in [0.1, 0.15) is 50.3 Å². The van der Waals surface area contributed by atoms with Crippen molar-refractivity contribution in [3.63, 3.8) is 0 Å². The SMILES string of the molecule is CC(C)(C)OC(=O)N1CCC(CN2C(=O)SC(=Cc3ccc4c(cnn4Cc4ccc(Cl)cc4C(F)(F)F)c3)C2=O)CC1. The van der Waals surface area contributed by atoms with Crippen LogP contribution in [-0.2, 0) is 22.3 Å². The topological polar surface area (TPSA) is 84.7 Å². The molecule has 13 heteroatoms. The Bertz CT molecular complexity index is 1610. The fourth-order valence-corrected chi connectivity index (χ4v) is 6.15. The van der Waals surface area contributed by atoms with Crippen LogP contribution in [0.15, 0.2) is 47.5 Å². The number of rotatable bonds is 5. The second kappa shape index (κ2) is 11.9. The third kappa shape index (κ3) is 7.18. The summed E-state index contributed by atoms with van der Waals surface area (Å²) in [5.74, 6) is -0.296. The molecule has 0 N–H and O–H groups in total. The van der Waals surface area contributed by atoms with E-state index in [4.69, 9.17) is 16.3 Å². The minimum absolute atomic E-state index is 0.000892. The number of thioether (sulfide) groups is 1. The summed E-state index contributed by atoms with van der Waals surface area (Å²) in [6.45, 7) is 6.61. The number of likely N-dealkylation sites (tertiary alicyclic amines) is 1. The van der Waals surface area contributed by atoms with E-state index in [1.807, 2.05) is 20.8 Å². The molecule has 8 nitrogen and oxygen atoms in total. The molecule has 3 amide bonds. The Balaban J connectivity index is 1.25. The van der Waals surface area contributed by atoms with Crippen LogP contribution in [-0.4, -0.2) is 62.1 Å². The van der Waals surface area contributed by atoms with Gasteiger partial charge in [0, 0.05) is 30.0 Å². The number of ether oxygens (including phenoxy) is 1. The summed E-state index contributed by atoms with van der Waals surface area (Å²) >= 11 is 6.67. The lowest BCUT2D eigenvalue weighted by atomic mass is 9.96. The molecule has 1 aromatic heterocycles. The van der Waals surface area contributed by atoms with E-state index in [2.05, 4.69) is 5.10 Å². The second-order valence-electron chi connectivity index (χ2n) is 11.6. The molecule has 3 aromatic rings. The Morgan fingerprint density at radius 1 is 1.12 bits per heavy atom. The highest BCUT2D eigenvalue weighted by atomic mass is 35.5. The zero-order valence-electron chi connectivity index (χ0n) is 23.8. The van der Waals surface area contributed by atoms with E-state index in [0.717, 1.165) is 17.8 Å².